The number of benzene rings is 2. The number of nitriles is 1. The number of halogens is 4. The number of sulfonamides is 1. The molecule has 0 bridgehead atoms. The molecule has 2 aromatic carbocycles. The van der Waals surface area contributed by atoms with Gasteiger partial charge in [0, 0.05) is 17.3 Å². The largest absolute Gasteiger partial charge is 0.404 e. The van der Waals surface area contributed by atoms with Gasteiger partial charge in [-0.05, 0) is 67.8 Å². The maximum Gasteiger partial charge on any atom is 0.404 e. The fourth-order valence-electron chi connectivity index (χ4n) is 4.06. The Balaban J connectivity index is 1.93. The van der Waals surface area contributed by atoms with E-state index in [0.29, 0.717) is 41.2 Å². The van der Waals surface area contributed by atoms with Crippen LogP contribution in [0.15, 0.2) is 59.6 Å². The van der Waals surface area contributed by atoms with E-state index < -0.39 is 33.0 Å². The maximum atomic E-state index is 14.7. The van der Waals surface area contributed by atoms with Gasteiger partial charge in [-0.2, -0.15) is 23.2 Å². The number of hydrogen-bond acceptors (Lipinski definition) is 4. The molecule has 0 spiro atoms. The molecular weight excluding hydrogens is 508 g/mol. The van der Waals surface area contributed by atoms with E-state index in [4.69, 9.17) is 0 Å². The summed E-state index contributed by atoms with van der Waals surface area (Å²) in [7, 11) is -4.52. The van der Waals surface area contributed by atoms with E-state index in [1.54, 1.807) is 15.4 Å². The molecule has 1 N–H and O–H groups in total. The molecule has 0 unspecified atom stereocenters. The normalized spacial score (nSPS) is 13.0. The lowest BCUT2D eigenvalue weighted by Crippen LogP contribution is -2.42. The Bertz CT molecular complexity index is 1640. The number of rotatable bonds is 6. The molecule has 37 heavy (non-hydrogen) atoms. The number of nitrogens with zero attached hydrogens (tertiary/aromatic N) is 3. The van der Waals surface area contributed by atoms with Gasteiger partial charge in [0.2, 0.25) is 10.0 Å². The van der Waals surface area contributed by atoms with E-state index in [0.717, 1.165) is 17.8 Å². The van der Waals surface area contributed by atoms with Crippen LogP contribution < -0.4 is 4.72 Å². The van der Waals surface area contributed by atoms with Gasteiger partial charge < -0.3 is 4.57 Å². The van der Waals surface area contributed by atoms with Crippen molar-refractivity contribution in [2.45, 2.75) is 44.3 Å². The van der Waals surface area contributed by atoms with Crippen molar-refractivity contribution in [3.05, 3.63) is 77.2 Å². The van der Waals surface area contributed by atoms with Crippen molar-refractivity contribution in [1.82, 2.24) is 14.3 Å². The molecule has 0 amide bonds. The minimum absolute atomic E-state index is 0.130. The van der Waals surface area contributed by atoms with Crippen LogP contribution in [0.2, 0.25) is 0 Å². The van der Waals surface area contributed by atoms with Crippen molar-refractivity contribution in [3.63, 3.8) is 0 Å². The molecule has 0 aliphatic rings. The van der Waals surface area contributed by atoms with E-state index in [1.165, 1.54) is 12.1 Å². The van der Waals surface area contributed by atoms with Crippen LogP contribution in [-0.4, -0.2) is 30.2 Å². The minimum atomic E-state index is -4.76. The Morgan fingerprint density at radius 3 is 2.46 bits per heavy atom. The zero-order chi connectivity index (χ0) is 27.1. The second-order valence-corrected chi connectivity index (χ2v) is 10.3. The zero-order valence-electron chi connectivity index (χ0n) is 20.1. The number of pyridine rings is 1. The van der Waals surface area contributed by atoms with Gasteiger partial charge >= 0.3 is 6.18 Å². The lowest BCUT2D eigenvalue weighted by molar-refractivity contribution is -0.147. The Morgan fingerprint density at radius 1 is 1.16 bits per heavy atom. The Kier molecular flexibility index (Phi) is 6.83. The van der Waals surface area contributed by atoms with Gasteiger partial charge in [-0.3, -0.25) is 4.98 Å². The van der Waals surface area contributed by atoms with Crippen LogP contribution in [0, 0.1) is 24.1 Å². The average molecular weight is 531 g/mol. The third-order valence-corrected chi connectivity index (χ3v) is 7.53. The average Bonchev–Trinajstić information content (AvgIpc) is 3.15. The van der Waals surface area contributed by atoms with Crippen LogP contribution in [0.25, 0.3) is 28.0 Å². The van der Waals surface area contributed by atoms with Gasteiger partial charge in [0.05, 0.1) is 22.5 Å². The first kappa shape index (κ1) is 26.3. The zero-order valence-corrected chi connectivity index (χ0v) is 20.9. The number of aryl methyl sites for hydroxylation is 2. The van der Waals surface area contributed by atoms with Crippen LogP contribution in [0.1, 0.15) is 30.5 Å². The summed E-state index contributed by atoms with van der Waals surface area (Å²) in [6, 6.07) is 12.6. The van der Waals surface area contributed by atoms with Gasteiger partial charge in [0.15, 0.2) is 0 Å². The lowest BCUT2D eigenvalue weighted by atomic mass is 10.1. The lowest BCUT2D eigenvalue weighted by Gasteiger charge is -2.17. The predicted octanol–water partition coefficient (Wildman–Crippen LogP) is 5.80. The SMILES string of the molecule is CCc1cc2c(cc1F)c(C#N)c(-c1ccc(S(=O)(=O)N[C@@H](C)C(F)(F)F)cn1)n2-c1cccc(C)c1. The van der Waals surface area contributed by atoms with Gasteiger partial charge in [-0.1, -0.05) is 19.1 Å². The summed E-state index contributed by atoms with van der Waals surface area (Å²) in [5, 5.41) is 10.4. The molecule has 0 fully saturated rings. The molecule has 1 atom stereocenters. The van der Waals surface area contributed by atoms with E-state index in [2.05, 4.69) is 11.1 Å². The molecule has 0 saturated carbocycles. The van der Waals surface area contributed by atoms with Crippen LogP contribution in [-0.2, 0) is 16.4 Å². The smallest absolute Gasteiger partial charge is 0.307 e. The number of hydrogen-bond donors (Lipinski definition) is 1. The molecule has 6 nitrogen and oxygen atoms in total. The topological polar surface area (TPSA) is 87.8 Å². The fourth-order valence-corrected chi connectivity index (χ4v) is 5.23. The quantitative estimate of drug-likeness (QED) is 0.319. The van der Waals surface area contributed by atoms with Crippen molar-refractivity contribution in [2.24, 2.45) is 0 Å². The van der Waals surface area contributed by atoms with Gasteiger partial charge in [0.25, 0.3) is 0 Å². The van der Waals surface area contributed by atoms with Crippen LogP contribution in [0.4, 0.5) is 17.6 Å². The molecule has 192 valence electrons. The van der Waals surface area contributed by atoms with Gasteiger partial charge in [-0.25, -0.2) is 12.8 Å². The van der Waals surface area contributed by atoms with Gasteiger partial charge in [0.1, 0.15) is 22.8 Å². The highest BCUT2D eigenvalue weighted by atomic mass is 32.2. The monoisotopic (exact) mass is 530 g/mol. The number of nitrogens with one attached hydrogen (secondary N) is 1. The number of alkyl halides is 3. The molecule has 0 aliphatic carbocycles. The summed E-state index contributed by atoms with van der Waals surface area (Å²) < 4.78 is 81.7. The van der Waals surface area contributed by atoms with Gasteiger partial charge in [-0.15, -0.1) is 0 Å². The number of fused-ring (bicyclic) bond motifs is 1. The summed E-state index contributed by atoms with van der Waals surface area (Å²) >= 11 is 0. The van der Waals surface area contributed by atoms with Crippen molar-refractivity contribution < 1.29 is 26.0 Å². The highest BCUT2D eigenvalue weighted by molar-refractivity contribution is 7.89. The van der Waals surface area contributed by atoms with E-state index in [1.807, 2.05) is 38.1 Å². The second-order valence-electron chi connectivity index (χ2n) is 8.59. The molecule has 11 heteroatoms. The van der Waals surface area contributed by atoms with E-state index in [9.17, 15) is 31.2 Å². The summed E-state index contributed by atoms with van der Waals surface area (Å²) in [6.07, 6.45) is -3.41. The van der Waals surface area contributed by atoms with Crippen molar-refractivity contribution in [2.75, 3.05) is 0 Å². The highest BCUT2D eigenvalue weighted by Crippen LogP contribution is 2.37. The second kappa shape index (κ2) is 9.61. The van der Waals surface area contributed by atoms with Crippen LogP contribution in [0.5, 0.6) is 0 Å². The Labute approximate surface area is 211 Å². The van der Waals surface area contributed by atoms with E-state index in [-0.39, 0.29) is 11.3 Å². The molecule has 0 saturated heterocycles. The van der Waals surface area contributed by atoms with Crippen molar-refractivity contribution in [3.8, 4) is 23.1 Å². The van der Waals surface area contributed by atoms with Crippen LogP contribution in [0.3, 0.4) is 0 Å². The van der Waals surface area contributed by atoms with E-state index >= 15 is 0 Å². The predicted molar refractivity (Wildman–Crippen MR) is 131 cm³/mol. The third-order valence-electron chi connectivity index (χ3n) is 6.00. The molecule has 0 radical (unpaired) electrons. The minimum Gasteiger partial charge on any atom is -0.307 e. The first-order chi connectivity index (χ1) is 17.4. The van der Waals surface area contributed by atoms with Crippen molar-refractivity contribution in [1.29, 1.82) is 5.26 Å². The standard InChI is InChI=1S/C26H22F4N4O2S/c1-4-17-11-24-20(12-22(17)27)21(13-31)25(34(24)18-7-5-6-15(2)10-18)23-9-8-19(14-32-23)37(35,36)33-16(3)26(28,29)30/h5-12,14,16,33H,4H2,1-3H3/t16-/m0/s1. The molecular formula is C26H22F4N4O2S. The van der Waals surface area contributed by atoms with Crippen molar-refractivity contribution >= 4 is 20.9 Å². The Hall–Kier alpha value is -3.75. The Morgan fingerprint density at radius 2 is 1.89 bits per heavy atom. The molecule has 2 heterocycles. The highest BCUT2D eigenvalue weighted by Gasteiger charge is 2.39. The maximum absolute atomic E-state index is 14.7. The van der Waals surface area contributed by atoms with Crippen LogP contribution >= 0.6 is 0 Å². The molecule has 4 aromatic rings. The summed E-state index contributed by atoms with van der Waals surface area (Å²) in [5.41, 5.74) is 3.25. The third kappa shape index (κ3) is 4.95. The first-order valence-electron chi connectivity index (χ1n) is 11.3. The summed E-state index contributed by atoms with van der Waals surface area (Å²) in [5.74, 6) is -0.460. The molecule has 2 aromatic heterocycles. The first-order valence-corrected chi connectivity index (χ1v) is 12.7. The summed E-state index contributed by atoms with van der Waals surface area (Å²) in [4.78, 5) is 3.73. The fraction of sp³-hybridized carbons (Fsp3) is 0.231. The number of aromatic nitrogens is 2. The summed E-state index contributed by atoms with van der Waals surface area (Å²) in [6.45, 7) is 4.40. The molecule has 4 rings (SSSR count). The molecule has 0 aliphatic heterocycles.